The quantitative estimate of drug-likeness (QED) is 0.784. The molecule has 3 atom stereocenters. The van der Waals surface area contributed by atoms with Crippen molar-refractivity contribution in [2.24, 2.45) is 5.92 Å². The number of nitrogens with one attached hydrogen (secondary N) is 1. The molecule has 2 amide bonds. The molecule has 110 valence electrons. The second-order valence-corrected chi connectivity index (χ2v) is 6.12. The van der Waals surface area contributed by atoms with Gasteiger partial charge < -0.3 is 15.3 Å². The lowest BCUT2D eigenvalue weighted by Crippen LogP contribution is -2.48. The van der Waals surface area contributed by atoms with Crippen molar-refractivity contribution in [2.75, 3.05) is 19.3 Å². The molecule has 0 aromatic carbocycles. The molecule has 0 saturated heterocycles. The lowest BCUT2D eigenvalue weighted by Gasteiger charge is -2.27. The molecular weight excluding hydrogens is 264 g/mol. The molecule has 3 unspecified atom stereocenters. The van der Waals surface area contributed by atoms with Gasteiger partial charge in [0.05, 0.1) is 5.92 Å². The highest BCUT2D eigenvalue weighted by molar-refractivity contribution is 7.99. The third-order valence-electron chi connectivity index (χ3n) is 3.65. The van der Waals surface area contributed by atoms with E-state index in [0.29, 0.717) is 11.8 Å². The van der Waals surface area contributed by atoms with Gasteiger partial charge in [0.25, 0.3) is 0 Å². The van der Waals surface area contributed by atoms with Crippen LogP contribution >= 0.6 is 11.8 Å². The van der Waals surface area contributed by atoms with Crippen LogP contribution in [0.25, 0.3) is 0 Å². The molecule has 0 spiro atoms. The van der Waals surface area contributed by atoms with E-state index in [0.717, 1.165) is 19.3 Å². The molecule has 19 heavy (non-hydrogen) atoms. The van der Waals surface area contributed by atoms with Gasteiger partial charge in [0, 0.05) is 24.4 Å². The van der Waals surface area contributed by atoms with E-state index in [4.69, 9.17) is 5.11 Å². The molecule has 0 aromatic rings. The number of thioether (sulfide) groups is 1. The summed E-state index contributed by atoms with van der Waals surface area (Å²) in [6.07, 6.45) is 5.38. The Kier molecular flexibility index (Phi) is 6.48. The number of nitrogens with zero attached hydrogens (tertiary/aromatic N) is 1. The first kappa shape index (κ1) is 16.1. The average Bonchev–Trinajstić information content (AvgIpc) is 2.82. The molecule has 1 aliphatic rings. The zero-order chi connectivity index (χ0) is 14.4. The number of hydrogen-bond acceptors (Lipinski definition) is 3. The third-order valence-corrected chi connectivity index (χ3v) is 4.82. The van der Waals surface area contributed by atoms with Crippen molar-refractivity contribution in [1.82, 2.24) is 10.2 Å². The topological polar surface area (TPSA) is 69.6 Å². The Labute approximate surface area is 119 Å². The fourth-order valence-corrected chi connectivity index (χ4v) is 3.32. The zero-order valence-electron chi connectivity index (χ0n) is 11.9. The van der Waals surface area contributed by atoms with Crippen LogP contribution in [0, 0.1) is 5.92 Å². The minimum atomic E-state index is -0.867. The summed E-state index contributed by atoms with van der Waals surface area (Å²) in [5.41, 5.74) is 0. The van der Waals surface area contributed by atoms with Crippen molar-refractivity contribution >= 4 is 23.8 Å². The molecule has 6 heteroatoms. The SMILES string of the molecule is CCN(CC(C)C(=O)O)C(=O)NC1CCCC1SC. The highest BCUT2D eigenvalue weighted by Gasteiger charge is 2.29. The van der Waals surface area contributed by atoms with Gasteiger partial charge in [-0.15, -0.1) is 0 Å². The van der Waals surface area contributed by atoms with E-state index >= 15 is 0 Å². The number of hydrogen-bond donors (Lipinski definition) is 2. The van der Waals surface area contributed by atoms with E-state index in [2.05, 4.69) is 11.6 Å². The Hall–Kier alpha value is -0.910. The maximum absolute atomic E-state index is 12.2. The van der Waals surface area contributed by atoms with E-state index in [1.54, 1.807) is 23.6 Å². The number of carboxylic acids is 1. The first-order valence-corrected chi connectivity index (χ1v) is 8.09. The predicted octanol–water partition coefficient (Wildman–Crippen LogP) is 2.02. The molecule has 0 aromatic heterocycles. The first-order valence-electron chi connectivity index (χ1n) is 6.80. The highest BCUT2D eigenvalue weighted by Crippen LogP contribution is 2.28. The van der Waals surface area contributed by atoms with Crippen LogP contribution in [0.15, 0.2) is 0 Å². The lowest BCUT2D eigenvalue weighted by atomic mass is 10.2. The average molecular weight is 288 g/mol. The largest absolute Gasteiger partial charge is 0.481 e. The molecule has 1 fully saturated rings. The van der Waals surface area contributed by atoms with Gasteiger partial charge in [-0.3, -0.25) is 4.79 Å². The van der Waals surface area contributed by atoms with Crippen LogP contribution in [0.3, 0.4) is 0 Å². The molecule has 1 rings (SSSR count). The fourth-order valence-electron chi connectivity index (χ4n) is 2.39. The number of carboxylic acid groups (broad SMARTS) is 1. The maximum Gasteiger partial charge on any atom is 0.317 e. The van der Waals surface area contributed by atoms with Gasteiger partial charge in [-0.05, 0) is 26.0 Å². The van der Waals surface area contributed by atoms with Crippen LogP contribution in [0.1, 0.15) is 33.1 Å². The van der Waals surface area contributed by atoms with Gasteiger partial charge in [-0.25, -0.2) is 4.79 Å². The van der Waals surface area contributed by atoms with Crippen molar-refractivity contribution in [1.29, 1.82) is 0 Å². The van der Waals surface area contributed by atoms with Crippen molar-refractivity contribution in [3.8, 4) is 0 Å². The zero-order valence-corrected chi connectivity index (χ0v) is 12.7. The number of carbonyl (C=O) groups excluding carboxylic acids is 1. The van der Waals surface area contributed by atoms with Crippen molar-refractivity contribution in [3.05, 3.63) is 0 Å². The number of amides is 2. The van der Waals surface area contributed by atoms with Crippen LogP contribution < -0.4 is 5.32 Å². The summed E-state index contributed by atoms with van der Waals surface area (Å²) in [6, 6.07) is 0.0817. The second kappa shape index (κ2) is 7.62. The van der Waals surface area contributed by atoms with E-state index in [9.17, 15) is 9.59 Å². The molecule has 1 saturated carbocycles. The van der Waals surface area contributed by atoms with Gasteiger partial charge in [-0.2, -0.15) is 11.8 Å². The van der Waals surface area contributed by atoms with Crippen molar-refractivity contribution in [3.63, 3.8) is 0 Å². The predicted molar refractivity (Wildman–Crippen MR) is 77.5 cm³/mol. The number of urea groups is 1. The normalized spacial score (nSPS) is 23.9. The molecule has 1 aliphatic carbocycles. The minimum Gasteiger partial charge on any atom is -0.481 e. The molecule has 0 heterocycles. The molecule has 0 aliphatic heterocycles. The van der Waals surface area contributed by atoms with E-state index in [-0.39, 0.29) is 18.6 Å². The monoisotopic (exact) mass is 288 g/mol. The minimum absolute atomic E-state index is 0.137. The molecule has 5 nitrogen and oxygen atoms in total. The van der Waals surface area contributed by atoms with Crippen LogP contribution in [0.4, 0.5) is 4.79 Å². The third kappa shape index (κ3) is 4.60. The van der Waals surface area contributed by atoms with Crippen molar-refractivity contribution < 1.29 is 14.7 Å². The standard InChI is InChI=1S/C13H24N2O3S/c1-4-15(8-9(2)12(16)17)13(18)14-10-6-5-7-11(10)19-3/h9-11H,4-8H2,1-3H3,(H,14,18)(H,16,17). The highest BCUT2D eigenvalue weighted by atomic mass is 32.2. The summed E-state index contributed by atoms with van der Waals surface area (Å²) >= 11 is 1.79. The summed E-state index contributed by atoms with van der Waals surface area (Å²) in [6.45, 7) is 4.28. The van der Waals surface area contributed by atoms with Gasteiger partial charge in [0.1, 0.15) is 0 Å². The van der Waals surface area contributed by atoms with Crippen LogP contribution in [-0.2, 0) is 4.79 Å². The Morgan fingerprint density at radius 1 is 1.47 bits per heavy atom. The molecular formula is C13H24N2O3S. The number of rotatable bonds is 6. The second-order valence-electron chi connectivity index (χ2n) is 5.04. The number of carbonyl (C=O) groups is 2. The Balaban J connectivity index is 2.51. The Morgan fingerprint density at radius 3 is 2.68 bits per heavy atom. The fraction of sp³-hybridized carbons (Fsp3) is 0.846. The van der Waals surface area contributed by atoms with Gasteiger partial charge >= 0.3 is 12.0 Å². The molecule has 2 N–H and O–H groups in total. The van der Waals surface area contributed by atoms with Gasteiger partial charge in [0.15, 0.2) is 0 Å². The van der Waals surface area contributed by atoms with E-state index < -0.39 is 11.9 Å². The number of aliphatic carboxylic acids is 1. The van der Waals surface area contributed by atoms with Gasteiger partial charge in [-0.1, -0.05) is 13.3 Å². The summed E-state index contributed by atoms with van der Waals surface area (Å²) in [7, 11) is 0. The van der Waals surface area contributed by atoms with Crippen LogP contribution in [0.2, 0.25) is 0 Å². The molecule has 0 radical (unpaired) electrons. The Morgan fingerprint density at radius 2 is 2.16 bits per heavy atom. The smallest absolute Gasteiger partial charge is 0.317 e. The van der Waals surface area contributed by atoms with Crippen molar-refractivity contribution in [2.45, 2.75) is 44.4 Å². The van der Waals surface area contributed by atoms with E-state index in [1.165, 1.54) is 0 Å². The summed E-state index contributed by atoms with van der Waals surface area (Å²) in [4.78, 5) is 24.6. The summed E-state index contributed by atoms with van der Waals surface area (Å²) in [5, 5.41) is 12.4. The summed E-state index contributed by atoms with van der Waals surface area (Å²) < 4.78 is 0. The lowest BCUT2D eigenvalue weighted by molar-refractivity contribution is -0.141. The first-order chi connectivity index (χ1) is 8.99. The molecule has 0 bridgehead atoms. The van der Waals surface area contributed by atoms with E-state index in [1.807, 2.05) is 6.92 Å². The maximum atomic E-state index is 12.2. The Bertz CT molecular complexity index is 325. The van der Waals surface area contributed by atoms with Gasteiger partial charge in [0.2, 0.25) is 0 Å². The van der Waals surface area contributed by atoms with Crippen LogP contribution in [-0.4, -0.2) is 52.6 Å². The summed E-state index contributed by atoms with van der Waals surface area (Å²) in [5.74, 6) is -1.40. The van der Waals surface area contributed by atoms with Crippen LogP contribution in [0.5, 0.6) is 0 Å².